The van der Waals surface area contributed by atoms with Crippen molar-refractivity contribution >= 4 is 40.7 Å². The number of alkyl halides is 2. The lowest BCUT2D eigenvalue weighted by atomic mass is 9.85. The number of methoxy groups -OCH3 is 1. The molecule has 63 heavy (non-hydrogen) atoms. The number of carboxylic acid groups (broad SMARTS) is 1. The van der Waals surface area contributed by atoms with E-state index in [0.717, 1.165) is 5.56 Å². The van der Waals surface area contributed by atoms with Gasteiger partial charge in [-0.2, -0.15) is 0 Å². The van der Waals surface area contributed by atoms with Gasteiger partial charge in [-0.25, -0.2) is 32.1 Å². The molecule has 4 aromatic rings. The van der Waals surface area contributed by atoms with Crippen molar-refractivity contribution < 1.29 is 60.9 Å². The van der Waals surface area contributed by atoms with Crippen LogP contribution in [0.15, 0.2) is 66.7 Å². The lowest BCUT2D eigenvalue weighted by molar-refractivity contribution is -0.142. The number of likely N-dealkylation sites (tertiary alicyclic amines) is 1. The summed E-state index contributed by atoms with van der Waals surface area (Å²) >= 11 is 0. The van der Waals surface area contributed by atoms with Crippen LogP contribution in [-0.2, 0) is 25.5 Å². The summed E-state index contributed by atoms with van der Waals surface area (Å²) in [5.74, 6) is -5.86. The maximum atomic E-state index is 14.6. The molecule has 0 radical (unpaired) electrons. The summed E-state index contributed by atoms with van der Waals surface area (Å²) in [6, 6.07) is 12.9. The highest BCUT2D eigenvalue weighted by Gasteiger charge is 2.47. The molecule has 0 bridgehead atoms. The van der Waals surface area contributed by atoms with Crippen LogP contribution in [0.5, 0.6) is 11.5 Å². The highest BCUT2D eigenvalue weighted by molar-refractivity contribution is 5.95. The maximum absolute atomic E-state index is 14.6. The van der Waals surface area contributed by atoms with Crippen LogP contribution in [-0.4, -0.2) is 102 Å². The number of alkyl carbamates (subject to hydrolysis) is 1. The zero-order valence-corrected chi connectivity index (χ0v) is 35.7. The van der Waals surface area contributed by atoms with Gasteiger partial charge in [-0.15, -0.1) is 0 Å². The number of benzene rings is 3. The van der Waals surface area contributed by atoms with Crippen LogP contribution >= 0.6 is 0 Å². The SMILES string of the molecule is COc1ccc2c(O[C@@H]3C[C@@H](C(=O)N[C@@H](CC(F)F)C(=O)NCCc4c(F)cc(C(=O)O)cc4F)N(C(=O)[C@@H](NC(=O)OCC(C)C)C(C)(C)C)C3)cc(-c3ccccc3)nc2c1. The molecule has 1 aliphatic rings. The highest BCUT2D eigenvalue weighted by atomic mass is 19.3. The monoisotopic (exact) mass is 881 g/mol. The molecular formula is C45H51F4N5O9. The van der Waals surface area contributed by atoms with Gasteiger partial charge in [-0.05, 0) is 42.0 Å². The van der Waals surface area contributed by atoms with Gasteiger partial charge in [0.25, 0.3) is 0 Å². The van der Waals surface area contributed by atoms with Gasteiger partial charge in [0.15, 0.2) is 0 Å². The average molecular weight is 882 g/mol. The molecule has 2 heterocycles. The number of rotatable bonds is 17. The number of hydrogen-bond donors (Lipinski definition) is 4. The molecule has 1 aliphatic heterocycles. The lowest BCUT2D eigenvalue weighted by Gasteiger charge is -2.35. The fraction of sp³-hybridized carbons (Fsp3) is 0.422. The van der Waals surface area contributed by atoms with Crippen LogP contribution in [0.4, 0.5) is 22.4 Å². The molecule has 0 saturated carbocycles. The second kappa shape index (κ2) is 20.6. The Morgan fingerprint density at radius 1 is 0.952 bits per heavy atom. The Hall–Kier alpha value is -6.46. The Bertz CT molecular complexity index is 2290. The zero-order valence-electron chi connectivity index (χ0n) is 35.7. The van der Waals surface area contributed by atoms with E-state index in [4.69, 9.17) is 24.3 Å². The second-order valence-electron chi connectivity index (χ2n) is 16.6. The van der Waals surface area contributed by atoms with Crippen molar-refractivity contribution in [2.75, 3.05) is 26.8 Å². The van der Waals surface area contributed by atoms with Crippen LogP contribution < -0.4 is 25.4 Å². The minimum atomic E-state index is -3.10. The van der Waals surface area contributed by atoms with Crippen molar-refractivity contribution in [2.24, 2.45) is 11.3 Å². The van der Waals surface area contributed by atoms with E-state index >= 15 is 0 Å². The van der Waals surface area contributed by atoms with Gasteiger partial charge in [0, 0.05) is 48.0 Å². The predicted molar refractivity (Wildman–Crippen MR) is 223 cm³/mol. The predicted octanol–water partition coefficient (Wildman–Crippen LogP) is 6.53. The van der Waals surface area contributed by atoms with Crippen molar-refractivity contribution in [3.63, 3.8) is 0 Å². The van der Waals surface area contributed by atoms with Gasteiger partial charge in [-0.1, -0.05) is 65.0 Å². The molecule has 0 spiro atoms. The number of aromatic nitrogens is 1. The molecule has 0 aliphatic carbocycles. The number of carbonyl (C=O) groups is 5. The van der Waals surface area contributed by atoms with Crippen LogP contribution in [0, 0.1) is 23.0 Å². The molecule has 1 aromatic heterocycles. The van der Waals surface area contributed by atoms with Gasteiger partial charge >= 0.3 is 12.1 Å². The Labute approximate surface area is 361 Å². The molecule has 0 unspecified atom stereocenters. The number of pyridine rings is 1. The van der Waals surface area contributed by atoms with Crippen molar-refractivity contribution in [2.45, 2.75) is 84.5 Å². The minimum Gasteiger partial charge on any atom is -0.497 e. The lowest BCUT2D eigenvalue weighted by Crippen LogP contribution is -2.59. The molecule has 1 saturated heterocycles. The van der Waals surface area contributed by atoms with E-state index in [1.54, 1.807) is 45.0 Å². The van der Waals surface area contributed by atoms with Crippen molar-refractivity contribution in [3.05, 3.63) is 89.5 Å². The maximum Gasteiger partial charge on any atom is 0.407 e. The second-order valence-corrected chi connectivity index (χ2v) is 16.6. The standard InChI is InChI=1S/C45H51F4N5O9/c1-24(2)23-62-44(60)53-39(45(3,4)5)42(57)54-22-28(63-37-20-33(25-10-8-7-9-11-25)51-34-18-27(61-6)12-13-30(34)37)19-36(54)41(56)52-35(21-38(48)49)40(55)50-15-14-29-31(46)16-26(43(58)59)17-32(29)47/h7-13,16-18,20,24,28,35-36,38-39H,14-15,19,21-23H2,1-6H3,(H,50,55)(H,52,56)(H,53,60)(H,58,59)/t28-,35+,36+,39-/m1/s1. The van der Waals surface area contributed by atoms with Gasteiger partial charge in [0.2, 0.25) is 24.1 Å². The topological polar surface area (TPSA) is 185 Å². The summed E-state index contributed by atoms with van der Waals surface area (Å²) in [6.07, 6.45) is -6.68. The van der Waals surface area contributed by atoms with E-state index in [-0.39, 0.29) is 25.5 Å². The van der Waals surface area contributed by atoms with Gasteiger partial charge < -0.3 is 40.2 Å². The molecular weight excluding hydrogens is 831 g/mol. The molecule has 1 fully saturated rings. The number of halogens is 4. The van der Waals surface area contributed by atoms with E-state index in [2.05, 4.69) is 16.0 Å². The number of carbonyl (C=O) groups excluding carboxylic acids is 4. The number of ether oxygens (including phenoxy) is 3. The van der Waals surface area contributed by atoms with E-state index in [1.807, 2.05) is 44.2 Å². The minimum absolute atomic E-state index is 0.0112. The van der Waals surface area contributed by atoms with Gasteiger partial charge in [-0.3, -0.25) is 14.4 Å². The number of fused-ring (bicyclic) bond motifs is 1. The third kappa shape index (κ3) is 12.3. The van der Waals surface area contributed by atoms with Crippen molar-refractivity contribution in [1.29, 1.82) is 0 Å². The van der Waals surface area contributed by atoms with E-state index in [1.165, 1.54) is 12.0 Å². The first-order chi connectivity index (χ1) is 29.7. The largest absolute Gasteiger partial charge is 0.497 e. The van der Waals surface area contributed by atoms with E-state index < -0.39 is 108 Å². The van der Waals surface area contributed by atoms with Crippen LogP contribution in [0.1, 0.15) is 63.4 Å². The molecule has 4 atom stereocenters. The molecule has 4 amide bonds. The molecule has 3 aromatic carbocycles. The average Bonchev–Trinajstić information content (AvgIpc) is 3.65. The van der Waals surface area contributed by atoms with Gasteiger partial charge in [0.1, 0.15) is 47.4 Å². The summed E-state index contributed by atoms with van der Waals surface area (Å²) in [7, 11) is 1.51. The number of nitrogens with zero attached hydrogens (tertiary/aromatic N) is 2. The Balaban J connectivity index is 1.45. The van der Waals surface area contributed by atoms with Gasteiger partial charge in [0.05, 0.1) is 37.0 Å². The summed E-state index contributed by atoms with van der Waals surface area (Å²) in [5, 5.41) is 16.9. The van der Waals surface area contributed by atoms with E-state index in [9.17, 15) is 41.5 Å². The fourth-order valence-corrected chi connectivity index (χ4v) is 7.01. The molecule has 4 N–H and O–H groups in total. The third-order valence-corrected chi connectivity index (χ3v) is 10.2. The molecule has 5 rings (SSSR count). The first-order valence-electron chi connectivity index (χ1n) is 20.3. The summed E-state index contributed by atoms with van der Waals surface area (Å²) in [6.45, 7) is 8.14. The quantitative estimate of drug-likeness (QED) is 0.0851. The van der Waals surface area contributed by atoms with Crippen LogP contribution in [0.2, 0.25) is 0 Å². The third-order valence-electron chi connectivity index (χ3n) is 10.2. The number of amides is 4. The van der Waals surface area contributed by atoms with Crippen LogP contribution in [0.25, 0.3) is 22.2 Å². The number of nitrogens with one attached hydrogen (secondary N) is 3. The highest BCUT2D eigenvalue weighted by Crippen LogP contribution is 2.35. The molecule has 18 heteroatoms. The van der Waals surface area contributed by atoms with E-state index in [0.29, 0.717) is 40.2 Å². The molecule has 14 nitrogen and oxygen atoms in total. The first-order valence-corrected chi connectivity index (χ1v) is 20.3. The number of aromatic carboxylic acids is 1. The summed E-state index contributed by atoms with van der Waals surface area (Å²) < 4.78 is 74.4. The fourth-order valence-electron chi connectivity index (χ4n) is 7.01. The number of carboxylic acids is 1. The Kier molecular flexibility index (Phi) is 15.6. The van der Waals surface area contributed by atoms with Crippen molar-refractivity contribution in [1.82, 2.24) is 25.8 Å². The summed E-state index contributed by atoms with van der Waals surface area (Å²) in [5.41, 5.74) is -0.284. The van der Waals surface area contributed by atoms with Crippen LogP contribution in [0.3, 0.4) is 0 Å². The Morgan fingerprint density at radius 2 is 1.63 bits per heavy atom. The normalized spacial score (nSPS) is 16.1. The Morgan fingerprint density at radius 3 is 2.24 bits per heavy atom. The van der Waals surface area contributed by atoms with Crippen molar-refractivity contribution in [3.8, 4) is 22.8 Å². The number of hydrogen-bond acceptors (Lipinski definition) is 9. The summed E-state index contributed by atoms with van der Waals surface area (Å²) in [4.78, 5) is 72.3. The smallest absolute Gasteiger partial charge is 0.407 e. The molecule has 338 valence electrons. The first kappa shape index (κ1) is 47.6. The zero-order chi connectivity index (χ0) is 46.2.